The fourth-order valence-electron chi connectivity index (χ4n) is 1.73. The minimum atomic E-state index is -1.18. The Morgan fingerprint density at radius 1 is 1.05 bits per heavy atom. The average Bonchev–Trinajstić information content (AvgIpc) is 2.44. The van der Waals surface area contributed by atoms with Gasteiger partial charge in [-0.15, -0.1) is 0 Å². The summed E-state index contributed by atoms with van der Waals surface area (Å²) in [4.78, 5) is 22.8. The lowest BCUT2D eigenvalue weighted by Crippen LogP contribution is -2.14. The fraction of sp³-hybridized carbons (Fsp3) is 0.0667. The van der Waals surface area contributed by atoms with Crippen LogP contribution in [0.2, 0.25) is 0 Å². The number of carboxylic acids is 1. The van der Waals surface area contributed by atoms with Crippen molar-refractivity contribution < 1.29 is 23.5 Å². The summed E-state index contributed by atoms with van der Waals surface area (Å²) in [7, 11) is 0. The number of anilines is 1. The number of hydrogen-bond donors (Lipinski definition) is 2. The first-order valence-electron chi connectivity index (χ1n) is 5.99. The van der Waals surface area contributed by atoms with E-state index in [0.29, 0.717) is 0 Å². The van der Waals surface area contributed by atoms with Gasteiger partial charge in [0, 0.05) is 11.6 Å². The van der Waals surface area contributed by atoms with E-state index in [0.717, 1.165) is 18.2 Å². The second-order valence-electron chi connectivity index (χ2n) is 4.42. The van der Waals surface area contributed by atoms with Crippen molar-refractivity contribution in [3.8, 4) is 0 Å². The first-order valence-corrected chi connectivity index (χ1v) is 5.99. The van der Waals surface area contributed by atoms with Gasteiger partial charge in [0.25, 0.3) is 5.91 Å². The molecule has 0 fully saturated rings. The Bertz CT molecular complexity index is 729. The van der Waals surface area contributed by atoms with Gasteiger partial charge in [-0.3, -0.25) is 4.79 Å². The van der Waals surface area contributed by atoms with Crippen LogP contribution in [-0.2, 0) is 0 Å². The monoisotopic (exact) mass is 291 g/mol. The number of carbonyl (C=O) groups is 2. The Hall–Kier alpha value is -2.76. The molecule has 0 heterocycles. The van der Waals surface area contributed by atoms with Gasteiger partial charge in [0.1, 0.15) is 11.6 Å². The molecule has 2 aromatic carbocycles. The standard InChI is InChI=1S/C15H11F2NO3/c1-8-5-12(17)13(7-11(8)16)18-14(19)9-3-2-4-10(6-9)15(20)21/h2-7H,1H3,(H,18,19)(H,20,21). The van der Waals surface area contributed by atoms with Crippen molar-refractivity contribution in [3.05, 3.63) is 64.7 Å². The minimum absolute atomic E-state index is 0.0373. The lowest BCUT2D eigenvalue weighted by molar-refractivity contribution is 0.0697. The second kappa shape index (κ2) is 5.70. The van der Waals surface area contributed by atoms with Gasteiger partial charge in [-0.2, -0.15) is 0 Å². The summed E-state index contributed by atoms with van der Waals surface area (Å²) in [5.41, 5.74) is -0.212. The molecule has 0 aliphatic heterocycles. The van der Waals surface area contributed by atoms with Crippen molar-refractivity contribution >= 4 is 17.6 Å². The van der Waals surface area contributed by atoms with Gasteiger partial charge < -0.3 is 10.4 Å². The van der Waals surface area contributed by atoms with E-state index in [1.54, 1.807) is 0 Å². The molecular weight excluding hydrogens is 280 g/mol. The van der Waals surface area contributed by atoms with E-state index in [2.05, 4.69) is 5.32 Å². The van der Waals surface area contributed by atoms with E-state index in [4.69, 9.17) is 5.11 Å². The van der Waals surface area contributed by atoms with Gasteiger partial charge in [0.2, 0.25) is 0 Å². The van der Waals surface area contributed by atoms with Gasteiger partial charge in [-0.25, -0.2) is 13.6 Å². The maximum Gasteiger partial charge on any atom is 0.335 e. The molecule has 2 rings (SSSR count). The van der Waals surface area contributed by atoms with E-state index in [9.17, 15) is 18.4 Å². The predicted octanol–water partition coefficient (Wildman–Crippen LogP) is 3.22. The molecule has 0 aliphatic carbocycles. The molecule has 2 N–H and O–H groups in total. The van der Waals surface area contributed by atoms with Crippen molar-refractivity contribution in [2.75, 3.05) is 5.32 Å². The summed E-state index contributed by atoms with van der Waals surface area (Å²) in [6, 6.07) is 7.10. The van der Waals surface area contributed by atoms with Crippen LogP contribution in [0.4, 0.5) is 14.5 Å². The van der Waals surface area contributed by atoms with Crippen molar-refractivity contribution in [3.63, 3.8) is 0 Å². The number of halogens is 2. The summed E-state index contributed by atoms with van der Waals surface area (Å²) in [5, 5.41) is 11.1. The Labute approximate surface area is 119 Å². The van der Waals surface area contributed by atoms with Crippen LogP contribution in [0, 0.1) is 18.6 Å². The van der Waals surface area contributed by atoms with E-state index < -0.39 is 23.5 Å². The Morgan fingerprint density at radius 3 is 2.38 bits per heavy atom. The molecule has 0 unspecified atom stereocenters. The highest BCUT2D eigenvalue weighted by Crippen LogP contribution is 2.19. The summed E-state index contributed by atoms with van der Waals surface area (Å²) < 4.78 is 27.0. The Kier molecular flexibility index (Phi) is 3.98. The van der Waals surface area contributed by atoms with Gasteiger partial charge in [-0.1, -0.05) is 6.07 Å². The molecule has 0 saturated carbocycles. The molecule has 4 nitrogen and oxygen atoms in total. The fourth-order valence-corrected chi connectivity index (χ4v) is 1.73. The minimum Gasteiger partial charge on any atom is -0.478 e. The lowest BCUT2D eigenvalue weighted by atomic mass is 10.1. The second-order valence-corrected chi connectivity index (χ2v) is 4.42. The largest absolute Gasteiger partial charge is 0.478 e. The maximum atomic E-state index is 13.6. The quantitative estimate of drug-likeness (QED) is 0.912. The molecule has 2 aromatic rings. The van der Waals surface area contributed by atoms with Gasteiger partial charge in [-0.05, 0) is 36.8 Å². The molecule has 0 radical (unpaired) electrons. The zero-order chi connectivity index (χ0) is 15.6. The molecule has 0 saturated heterocycles. The van der Waals surface area contributed by atoms with Crippen molar-refractivity contribution in [1.29, 1.82) is 0 Å². The third-order valence-electron chi connectivity index (χ3n) is 2.87. The number of rotatable bonds is 3. The van der Waals surface area contributed by atoms with Crippen LogP contribution < -0.4 is 5.32 Å². The summed E-state index contributed by atoms with van der Waals surface area (Å²) in [6.07, 6.45) is 0. The van der Waals surface area contributed by atoms with E-state index in [1.807, 2.05) is 0 Å². The predicted molar refractivity (Wildman–Crippen MR) is 72.4 cm³/mol. The molecule has 1 amide bonds. The maximum absolute atomic E-state index is 13.6. The van der Waals surface area contributed by atoms with Gasteiger partial charge in [0.15, 0.2) is 0 Å². The summed E-state index contributed by atoms with van der Waals surface area (Å²) in [6.45, 7) is 1.40. The van der Waals surface area contributed by atoms with Crippen molar-refractivity contribution in [1.82, 2.24) is 0 Å². The van der Waals surface area contributed by atoms with Crippen LogP contribution in [0.25, 0.3) is 0 Å². The Balaban J connectivity index is 2.28. The number of benzene rings is 2. The summed E-state index contributed by atoms with van der Waals surface area (Å²) >= 11 is 0. The number of carboxylic acid groups (broad SMARTS) is 1. The highest BCUT2D eigenvalue weighted by atomic mass is 19.1. The third-order valence-corrected chi connectivity index (χ3v) is 2.87. The van der Waals surface area contributed by atoms with E-state index in [-0.39, 0.29) is 22.4 Å². The Morgan fingerprint density at radius 2 is 1.71 bits per heavy atom. The molecule has 0 spiro atoms. The molecule has 0 aromatic heterocycles. The zero-order valence-corrected chi connectivity index (χ0v) is 11.0. The van der Waals surface area contributed by atoms with E-state index in [1.165, 1.54) is 25.1 Å². The van der Waals surface area contributed by atoms with Crippen LogP contribution in [-0.4, -0.2) is 17.0 Å². The van der Waals surface area contributed by atoms with Gasteiger partial charge in [0.05, 0.1) is 11.3 Å². The summed E-state index contributed by atoms with van der Waals surface area (Å²) in [5.74, 6) is -3.32. The van der Waals surface area contributed by atoms with E-state index >= 15 is 0 Å². The molecule has 6 heteroatoms. The molecular formula is C15H11F2NO3. The van der Waals surface area contributed by atoms with Crippen LogP contribution in [0.3, 0.4) is 0 Å². The van der Waals surface area contributed by atoms with Gasteiger partial charge >= 0.3 is 5.97 Å². The zero-order valence-electron chi connectivity index (χ0n) is 11.0. The molecule has 0 bridgehead atoms. The number of carbonyl (C=O) groups excluding carboxylic acids is 1. The van der Waals surface area contributed by atoms with Crippen LogP contribution in [0.15, 0.2) is 36.4 Å². The molecule has 0 aliphatic rings. The number of hydrogen-bond acceptors (Lipinski definition) is 2. The highest BCUT2D eigenvalue weighted by Gasteiger charge is 2.13. The van der Waals surface area contributed by atoms with Crippen LogP contribution in [0.5, 0.6) is 0 Å². The molecule has 0 atom stereocenters. The number of amides is 1. The average molecular weight is 291 g/mol. The topological polar surface area (TPSA) is 66.4 Å². The first kappa shape index (κ1) is 14.6. The number of aromatic carboxylic acids is 1. The smallest absolute Gasteiger partial charge is 0.335 e. The normalized spacial score (nSPS) is 10.2. The molecule has 21 heavy (non-hydrogen) atoms. The lowest BCUT2D eigenvalue weighted by Gasteiger charge is -2.08. The number of nitrogens with one attached hydrogen (secondary N) is 1. The first-order chi connectivity index (χ1) is 9.88. The number of aryl methyl sites for hydroxylation is 1. The van der Waals surface area contributed by atoms with Crippen molar-refractivity contribution in [2.45, 2.75) is 6.92 Å². The SMILES string of the molecule is Cc1cc(F)c(NC(=O)c2cccc(C(=O)O)c2)cc1F. The van der Waals surface area contributed by atoms with Crippen LogP contribution >= 0.6 is 0 Å². The third kappa shape index (κ3) is 3.22. The van der Waals surface area contributed by atoms with Crippen molar-refractivity contribution in [2.24, 2.45) is 0 Å². The highest BCUT2D eigenvalue weighted by molar-refractivity contribution is 6.05. The molecule has 108 valence electrons. The van der Waals surface area contributed by atoms with Crippen LogP contribution in [0.1, 0.15) is 26.3 Å².